The number of ether oxygens (including phenoxy) is 1. The molecule has 1 aliphatic heterocycles. The van der Waals surface area contributed by atoms with E-state index < -0.39 is 4.92 Å². The highest BCUT2D eigenvalue weighted by Gasteiger charge is 2.33. The lowest BCUT2D eigenvalue weighted by atomic mass is 10.2. The third kappa shape index (κ3) is 5.36. The summed E-state index contributed by atoms with van der Waals surface area (Å²) in [5, 5.41) is 11.9. The number of hydrogen-bond donors (Lipinski definition) is 0. The zero-order valence-electron chi connectivity index (χ0n) is 16.7. The van der Waals surface area contributed by atoms with Gasteiger partial charge in [-0.25, -0.2) is 0 Å². The van der Waals surface area contributed by atoms with Crippen molar-refractivity contribution in [2.24, 2.45) is 0 Å². The van der Waals surface area contributed by atoms with Crippen LogP contribution in [-0.4, -0.2) is 15.2 Å². The van der Waals surface area contributed by atoms with Crippen molar-refractivity contribution < 1.29 is 14.5 Å². The Kier molecular flexibility index (Phi) is 6.99. The zero-order valence-corrected chi connectivity index (χ0v) is 19.9. The number of carbonyl (C=O) groups excluding carboxylic acids is 1. The quantitative estimate of drug-likeness (QED) is 0.154. The highest BCUT2D eigenvalue weighted by atomic mass is 35.5. The average Bonchev–Trinajstić information content (AvgIpc) is 3.06. The molecule has 10 heteroatoms. The number of nitro benzene ring substituents is 1. The number of thiocarbonyl (C=S) groups is 1. The summed E-state index contributed by atoms with van der Waals surface area (Å²) in [5.74, 6) is 0.318. The smallest absolute Gasteiger partial charge is 0.270 e. The fourth-order valence-electron chi connectivity index (χ4n) is 3.06. The minimum absolute atomic E-state index is 0.0589. The third-order valence-corrected chi connectivity index (χ3v) is 6.57. The van der Waals surface area contributed by atoms with Gasteiger partial charge in [-0.15, -0.1) is 0 Å². The highest BCUT2D eigenvalue weighted by molar-refractivity contribution is 8.27. The maximum atomic E-state index is 13.0. The minimum atomic E-state index is -0.496. The molecule has 33 heavy (non-hydrogen) atoms. The van der Waals surface area contributed by atoms with E-state index in [0.717, 1.165) is 11.1 Å². The summed E-state index contributed by atoms with van der Waals surface area (Å²) in [6, 6.07) is 18.2. The van der Waals surface area contributed by atoms with E-state index in [9.17, 15) is 14.9 Å². The maximum absolute atomic E-state index is 13.0. The number of non-ortho nitro benzene ring substituents is 1. The summed E-state index contributed by atoms with van der Waals surface area (Å²) in [4.78, 5) is 25.1. The van der Waals surface area contributed by atoms with Crippen molar-refractivity contribution in [3.63, 3.8) is 0 Å². The Morgan fingerprint density at radius 3 is 2.55 bits per heavy atom. The summed E-state index contributed by atoms with van der Waals surface area (Å²) in [7, 11) is 0. The molecule has 3 aromatic carbocycles. The van der Waals surface area contributed by atoms with Gasteiger partial charge in [0.2, 0.25) is 0 Å². The number of rotatable bonds is 6. The van der Waals surface area contributed by atoms with Gasteiger partial charge in [-0.2, -0.15) is 0 Å². The van der Waals surface area contributed by atoms with E-state index in [1.807, 2.05) is 24.3 Å². The molecular weight excluding hydrogens is 503 g/mol. The first-order chi connectivity index (χ1) is 15.8. The molecule has 0 spiro atoms. The number of amides is 1. The van der Waals surface area contributed by atoms with Crippen LogP contribution in [0.2, 0.25) is 10.0 Å². The number of carbonyl (C=O) groups is 1. The molecule has 166 valence electrons. The van der Waals surface area contributed by atoms with E-state index in [1.54, 1.807) is 24.3 Å². The average molecular weight is 517 g/mol. The highest BCUT2D eigenvalue weighted by Crippen LogP contribution is 2.36. The molecule has 1 aliphatic rings. The van der Waals surface area contributed by atoms with Gasteiger partial charge in [-0.3, -0.25) is 19.8 Å². The Bertz CT molecular complexity index is 1300. The predicted molar refractivity (Wildman–Crippen MR) is 136 cm³/mol. The number of anilines is 1. The van der Waals surface area contributed by atoms with Crippen LogP contribution in [-0.2, 0) is 11.4 Å². The second kappa shape index (κ2) is 9.93. The van der Waals surface area contributed by atoms with Crippen LogP contribution in [0, 0.1) is 10.1 Å². The Balaban J connectivity index is 1.50. The fourth-order valence-corrected chi connectivity index (χ4v) is 4.82. The summed E-state index contributed by atoms with van der Waals surface area (Å²) >= 11 is 18.7. The van der Waals surface area contributed by atoms with Gasteiger partial charge in [0.05, 0.1) is 15.5 Å². The number of nitrogens with zero attached hydrogens (tertiary/aromatic N) is 2. The molecule has 0 aromatic heterocycles. The van der Waals surface area contributed by atoms with Crippen molar-refractivity contribution in [1.82, 2.24) is 0 Å². The van der Waals surface area contributed by atoms with Gasteiger partial charge in [0.25, 0.3) is 11.6 Å². The first-order valence-electron chi connectivity index (χ1n) is 9.51. The van der Waals surface area contributed by atoms with Gasteiger partial charge < -0.3 is 4.74 Å². The topological polar surface area (TPSA) is 72.7 Å². The summed E-state index contributed by atoms with van der Waals surface area (Å²) in [6.45, 7) is 0.266. The van der Waals surface area contributed by atoms with E-state index in [2.05, 4.69) is 0 Å². The molecule has 0 unspecified atom stereocenters. The molecule has 1 fully saturated rings. The Morgan fingerprint density at radius 1 is 1.09 bits per heavy atom. The molecule has 4 rings (SSSR count). The molecule has 3 aromatic rings. The summed E-state index contributed by atoms with van der Waals surface area (Å²) in [6.07, 6.45) is 1.73. The Morgan fingerprint density at radius 2 is 1.85 bits per heavy atom. The molecule has 0 atom stereocenters. The standard InChI is InChI=1S/C23H14Cl2N2O4S2/c24-16-5-4-15(20(25)12-16)13-31-19-3-1-2-14(10-19)11-21-22(28)26(23(32)33-21)17-6-8-18(9-7-17)27(29)30/h1-12H,13H2/b21-11-. The van der Waals surface area contributed by atoms with Crippen LogP contribution < -0.4 is 9.64 Å². The van der Waals surface area contributed by atoms with Crippen LogP contribution in [0.15, 0.2) is 71.6 Å². The zero-order chi connectivity index (χ0) is 23.5. The number of nitro groups is 1. The van der Waals surface area contributed by atoms with Gasteiger partial charge in [0.15, 0.2) is 4.32 Å². The van der Waals surface area contributed by atoms with Crippen LogP contribution in [0.3, 0.4) is 0 Å². The molecule has 1 saturated heterocycles. The lowest BCUT2D eigenvalue weighted by molar-refractivity contribution is -0.384. The number of halogens is 2. The van der Waals surface area contributed by atoms with Crippen molar-refractivity contribution in [3.8, 4) is 5.75 Å². The third-order valence-electron chi connectivity index (χ3n) is 4.68. The molecular formula is C23H14Cl2N2O4S2. The number of hydrogen-bond acceptors (Lipinski definition) is 6. The molecule has 1 amide bonds. The second-order valence-electron chi connectivity index (χ2n) is 6.89. The molecule has 0 saturated carbocycles. The van der Waals surface area contributed by atoms with Gasteiger partial charge in [-0.05, 0) is 48.0 Å². The fraction of sp³-hybridized carbons (Fsp3) is 0.0435. The van der Waals surface area contributed by atoms with Gasteiger partial charge in [0, 0.05) is 27.7 Å². The van der Waals surface area contributed by atoms with E-state index in [4.69, 9.17) is 40.2 Å². The molecule has 0 radical (unpaired) electrons. The Labute approximate surface area is 208 Å². The molecule has 6 nitrogen and oxygen atoms in total. The van der Waals surface area contributed by atoms with Crippen molar-refractivity contribution >= 4 is 74.9 Å². The van der Waals surface area contributed by atoms with Crippen LogP contribution in [0.4, 0.5) is 11.4 Å². The molecule has 0 N–H and O–H groups in total. The van der Waals surface area contributed by atoms with Gasteiger partial charge in [-0.1, -0.05) is 65.4 Å². The second-order valence-corrected chi connectivity index (χ2v) is 9.41. The number of benzene rings is 3. The van der Waals surface area contributed by atoms with Gasteiger partial charge in [0.1, 0.15) is 12.4 Å². The molecule has 1 heterocycles. The first kappa shape index (κ1) is 23.3. The largest absolute Gasteiger partial charge is 0.489 e. The van der Waals surface area contributed by atoms with E-state index >= 15 is 0 Å². The van der Waals surface area contributed by atoms with Crippen molar-refractivity contribution in [2.75, 3.05) is 4.90 Å². The normalized spacial score (nSPS) is 14.7. The summed E-state index contributed by atoms with van der Waals surface area (Å²) in [5.41, 5.74) is 1.98. The van der Waals surface area contributed by atoms with Crippen LogP contribution in [0.5, 0.6) is 5.75 Å². The molecule has 0 bridgehead atoms. The monoisotopic (exact) mass is 516 g/mol. The predicted octanol–water partition coefficient (Wildman–Crippen LogP) is 6.89. The molecule has 0 aliphatic carbocycles. The maximum Gasteiger partial charge on any atom is 0.270 e. The van der Waals surface area contributed by atoms with Crippen molar-refractivity contribution in [3.05, 3.63) is 103 Å². The SMILES string of the molecule is O=C1/C(=C/c2cccc(OCc3ccc(Cl)cc3Cl)c2)SC(=S)N1c1ccc([N+](=O)[O-])cc1. The van der Waals surface area contributed by atoms with Gasteiger partial charge >= 0.3 is 0 Å². The lowest BCUT2D eigenvalue weighted by Crippen LogP contribution is -2.27. The lowest BCUT2D eigenvalue weighted by Gasteiger charge is -2.14. The number of thioether (sulfide) groups is 1. The van der Waals surface area contributed by atoms with Crippen LogP contribution in [0.25, 0.3) is 6.08 Å². The minimum Gasteiger partial charge on any atom is -0.489 e. The van der Waals surface area contributed by atoms with E-state index in [-0.39, 0.29) is 18.2 Å². The first-order valence-corrected chi connectivity index (χ1v) is 11.5. The van der Waals surface area contributed by atoms with Crippen LogP contribution >= 0.6 is 47.2 Å². The van der Waals surface area contributed by atoms with Crippen LogP contribution in [0.1, 0.15) is 11.1 Å². The van der Waals surface area contributed by atoms with Crippen molar-refractivity contribution in [1.29, 1.82) is 0 Å². The summed E-state index contributed by atoms with van der Waals surface area (Å²) < 4.78 is 6.20. The van der Waals surface area contributed by atoms with E-state index in [0.29, 0.717) is 30.7 Å². The Hall–Kier alpha value is -2.91. The van der Waals surface area contributed by atoms with Crippen molar-refractivity contribution in [2.45, 2.75) is 6.61 Å². The van der Waals surface area contributed by atoms with E-state index in [1.165, 1.54) is 40.9 Å².